The SMILES string of the molecule is C[NH+](C)Cc1ccccc1CNC(=S)Nc1ccc(Cl)cc1. The Bertz CT molecular complexity index is 626. The van der Waals surface area contributed by atoms with Crippen LogP contribution in [0.3, 0.4) is 0 Å². The summed E-state index contributed by atoms with van der Waals surface area (Å²) in [5, 5.41) is 7.73. The van der Waals surface area contributed by atoms with Crippen molar-refractivity contribution in [3.05, 3.63) is 64.7 Å². The van der Waals surface area contributed by atoms with Gasteiger partial charge in [0.2, 0.25) is 0 Å². The van der Waals surface area contributed by atoms with E-state index in [0.717, 1.165) is 12.2 Å². The van der Waals surface area contributed by atoms with Crippen molar-refractivity contribution in [3.8, 4) is 0 Å². The summed E-state index contributed by atoms with van der Waals surface area (Å²) in [6.07, 6.45) is 0. The van der Waals surface area contributed by atoms with Crippen LogP contribution in [0.1, 0.15) is 11.1 Å². The van der Waals surface area contributed by atoms with Crippen LogP contribution in [0.25, 0.3) is 0 Å². The van der Waals surface area contributed by atoms with Crippen molar-refractivity contribution in [2.75, 3.05) is 19.4 Å². The van der Waals surface area contributed by atoms with E-state index < -0.39 is 0 Å². The zero-order valence-electron chi connectivity index (χ0n) is 12.8. The molecule has 0 amide bonds. The third kappa shape index (κ3) is 5.30. The van der Waals surface area contributed by atoms with Crippen molar-refractivity contribution in [1.29, 1.82) is 0 Å². The quantitative estimate of drug-likeness (QED) is 0.734. The summed E-state index contributed by atoms with van der Waals surface area (Å²) in [6.45, 7) is 1.71. The maximum atomic E-state index is 5.87. The molecule has 0 atom stereocenters. The topological polar surface area (TPSA) is 28.5 Å². The van der Waals surface area contributed by atoms with Crippen LogP contribution in [-0.4, -0.2) is 19.2 Å². The first kappa shape index (κ1) is 16.7. The van der Waals surface area contributed by atoms with Crippen molar-refractivity contribution < 1.29 is 4.90 Å². The Balaban J connectivity index is 1.92. The van der Waals surface area contributed by atoms with Crippen LogP contribution in [0.4, 0.5) is 5.69 Å². The van der Waals surface area contributed by atoms with Crippen LogP contribution < -0.4 is 15.5 Å². The second kappa shape index (κ2) is 8.13. The largest absolute Gasteiger partial charge is 0.358 e. The third-order valence-electron chi connectivity index (χ3n) is 3.20. The van der Waals surface area contributed by atoms with Gasteiger partial charge < -0.3 is 15.5 Å². The summed E-state index contributed by atoms with van der Waals surface area (Å²) < 4.78 is 0. The van der Waals surface area contributed by atoms with Crippen molar-refractivity contribution in [2.45, 2.75) is 13.1 Å². The Morgan fingerprint density at radius 2 is 1.68 bits per heavy atom. The maximum Gasteiger partial charge on any atom is 0.171 e. The first-order chi connectivity index (χ1) is 10.5. The fourth-order valence-electron chi connectivity index (χ4n) is 2.17. The van der Waals surface area contributed by atoms with Crippen molar-refractivity contribution in [1.82, 2.24) is 5.32 Å². The number of benzene rings is 2. The van der Waals surface area contributed by atoms with Gasteiger partial charge in [-0.05, 0) is 42.0 Å². The van der Waals surface area contributed by atoms with Gasteiger partial charge in [0.15, 0.2) is 5.11 Å². The molecule has 0 aliphatic rings. The van der Waals surface area contributed by atoms with Gasteiger partial charge in [-0.2, -0.15) is 0 Å². The van der Waals surface area contributed by atoms with Crippen LogP contribution in [0.2, 0.25) is 5.02 Å². The fourth-order valence-corrected chi connectivity index (χ4v) is 2.48. The van der Waals surface area contributed by atoms with Gasteiger partial charge in [-0.15, -0.1) is 0 Å². The van der Waals surface area contributed by atoms with Crippen LogP contribution in [0.15, 0.2) is 48.5 Å². The minimum absolute atomic E-state index is 0.606. The predicted molar refractivity (Wildman–Crippen MR) is 97.5 cm³/mol. The molecule has 3 N–H and O–H groups in total. The number of quaternary nitrogens is 1. The molecule has 0 fully saturated rings. The maximum absolute atomic E-state index is 5.87. The van der Waals surface area contributed by atoms with E-state index >= 15 is 0 Å². The van der Waals surface area contributed by atoms with E-state index in [-0.39, 0.29) is 0 Å². The van der Waals surface area contributed by atoms with E-state index in [1.807, 2.05) is 24.3 Å². The molecule has 22 heavy (non-hydrogen) atoms. The lowest BCUT2D eigenvalue weighted by atomic mass is 10.1. The van der Waals surface area contributed by atoms with Gasteiger partial charge in [0.05, 0.1) is 14.1 Å². The van der Waals surface area contributed by atoms with Crippen molar-refractivity contribution >= 4 is 34.6 Å². The number of hydrogen-bond acceptors (Lipinski definition) is 1. The first-order valence-corrected chi connectivity index (χ1v) is 7.99. The summed E-state index contributed by atoms with van der Waals surface area (Å²) in [7, 11) is 4.30. The van der Waals surface area contributed by atoms with Crippen molar-refractivity contribution in [2.24, 2.45) is 0 Å². The van der Waals surface area contributed by atoms with Gasteiger partial charge in [-0.3, -0.25) is 0 Å². The summed E-state index contributed by atoms with van der Waals surface area (Å²) in [5.41, 5.74) is 3.53. The number of thiocarbonyl (C=S) groups is 1. The smallest absolute Gasteiger partial charge is 0.171 e. The third-order valence-corrected chi connectivity index (χ3v) is 3.70. The van der Waals surface area contributed by atoms with E-state index in [4.69, 9.17) is 23.8 Å². The molecule has 0 saturated heterocycles. The second-order valence-electron chi connectivity index (χ2n) is 5.47. The molecule has 0 bridgehead atoms. The molecule has 0 heterocycles. The standard InChI is InChI=1S/C17H20ClN3S/c1-21(2)12-14-6-4-3-5-13(14)11-19-17(22)20-16-9-7-15(18)8-10-16/h3-10H,11-12H2,1-2H3,(H2,19,20,22)/p+1. The highest BCUT2D eigenvalue weighted by Gasteiger charge is 2.06. The lowest BCUT2D eigenvalue weighted by molar-refractivity contribution is -0.872. The molecule has 2 aromatic carbocycles. The zero-order chi connectivity index (χ0) is 15.9. The predicted octanol–water partition coefficient (Wildman–Crippen LogP) is 2.47. The van der Waals surface area contributed by atoms with Gasteiger partial charge in [-0.25, -0.2) is 0 Å². The molecule has 0 aromatic heterocycles. The van der Waals surface area contributed by atoms with Crippen LogP contribution >= 0.6 is 23.8 Å². The molecule has 0 spiro atoms. The Hall–Kier alpha value is -1.62. The number of hydrogen-bond donors (Lipinski definition) is 3. The minimum atomic E-state index is 0.606. The molecule has 3 nitrogen and oxygen atoms in total. The lowest BCUT2D eigenvalue weighted by Crippen LogP contribution is -3.04. The summed E-state index contributed by atoms with van der Waals surface area (Å²) >= 11 is 11.2. The monoisotopic (exact) mass is 334 g/mol. The zero-order valence-corrected chi connectivity index (χ0v) is 14.4. The summed E-state index contributed by atoms with van der Waals surface area (Å²) in [5.74, 6) is 0. The van der Waals surface area contributed by atoms with Crippen molar-refractivity contribution in [3.63, 3.8) is 0 Å². The number of nitrogens with one attached hydrogen (secondary N) is 3. The molecule has 0 unspecified atom stereocenters. The molecule has 5 heteroatoms. The highest BCUT2D eigenvalue weighted by atomic mass is 35.5. The first-order valence-electron chi connectivity index (χ1n) is 7.21. The number of anilines is 1. The molecule has 2 rings (SSSR count). The Morgan fingerprint density at radius 3 is 2.32 bits per heavy atom. The van der Waals surface area contributed by atoms with E-state index in [0.29, 0.717) is 16.7 Å². The molecule has 0 saturated carbocycles. The molecule has 0 aliphatic carbocycles. The number of rotatable bonds is 5. The number of halogens is 1. The Labute approximate surface area is 142 Å². The van der Waals surface area contributed by atoms with E-state index in [9.17, 15) is 0 Å². The second-order valence-corrected chi connectivity index (χ2v) is 6.31. The van der Waals surface area contributed by atoms with Gasteiger partial charge in [-0.1, -0.05) is 35.9 Å². The van der Waals surface area contributed by atoms with E-state index in [2.05, 4.69) is 49.0 Å². The summed E-state index contributed by atoms with van der Waals surface area (Å²) in [4.78, 5) is 1.40. The molecule has 116 valence electrons. The van der Waals surface area contributed by atoms with Crippen LogP contribution in [-0.2, 0) is 13.1 Å². The molecule has 0 aliphatic heterocycles. The lowest BCUT2D eigenvalue weighted by Gasteiger charge is -2.14. The summed E-state index contributed by atoms with van der Waals surface area (Å²) in [6, 6.07) is 15.9. The molecular weight excluding hydrogens is 314 g/mol. The average Bonchev–Trinajstić information content (AvgIpc) is 2.48. The van der Waals surface area contributed by atoms with Gasteiger partial charge >= 0.3 is 0 Å². The highest BCUT2D eigenvalue weighted by molar-refractivity contribution is 7.80. The minimum Gasteiger partial charge on any atom is -0.358 e. The Morgan fingerprint density at radius 1 is 1.05 bits per heavy atom. The molecule has 2 aromatic rings. The molecular formula is C17H21ClN3S+. The van der Waals surface area contributed by atoms with Crippen LogP contribution in [0.5, 0.6) is 0 Å². The Kier molecular flexibility index (Phi) is 6.19. The molecule has 0 radical (unpaired) electrons. The van der Waals surface area contributed by atoms with Gasteiger partial charge in [0.25, 0.3) is 0 Å². The van der Waals surface area contributed by atoms with E-state index in [1.165, 1.54) is 16.0 Å². The van der Waals surface area contributed by atoms with Gasteiger partial charge in [0.1, 0.15) is 6.54 Å². The highest BCUT2D eigenvalue weighted by Crippen LogP contribution is 2.13. The average molecular weight is 335 g/mol. The van der Waals surface area contributed by atoms with E-state index in [1.54, 1.807) is 0 Å². The van der Waals surface area contributed by atoms with Gasteiger partial charge in [0, 0.05) is 22.8 Å². The van der Waals surface area contributed by atoms with Crippen LogP contribution in [0, 0.1) is 0 Å². The fraction of sp³-hybridized carbons (Fsp3) is 0.235. The normalized spacial score (nSPS) is 10.5.